The molecule has 1 aromatic heterocycles. The van der Waals surface area contributed by atoms with Crippen molar-refractivity contribution in [2.45, 2.75) is 13.8 Å². The number of aromatic nitrogens is 1. The molecule has 3 nitrogen and oxygen atoms in total. The first-order valence-electron chi connectivity index (χ1n) is 5.74. The number of ketones is 1. The van der Waals surface area contributed by atoms with Crippen molar-refractivity contribution in [2.24, 2.45) is 0 Å². The molecule has 0 aliphatic heterocycles. The predicted octanol–water partition coefficient (Wildman–Crippen LogP) is 2.94. The van der Waals surface area contributed by atoms with E-state index in [4.69, 9.17) is 4.74 Å². The lowest BCUT2D eigenvalue weighted by atomic mass is 10.00. The van der Waals surface area contributed by atoms with Gasteiger partial charge in [0, 0.05) is 17.5 Å². The Morgan fingerprint density at radius 3 is 2.61 bits per heavy atom. The first-order chi connectivity index (χ1) is 8.63. The number of hydrogen-bond acceptors (Lipinski definition) is 3. The van der Waals surface area contributed by atoms with Gasteiger partial charge >= 0.3 is 0 Å². The Hall–Kier alpha value is -2.16. The highest BCUT2D eigenvalue weighted by Gasteiger charge is 2.16. The van der Waals surface area contributed by atoms with Crippen molar-refractivity contribution in [3.63, 3.8) is 0 Å². The topological polar surface area (TPSA) is 39.2 Å². The Morgan fingerprint density at radius 2 is 1.94 bits per heavy atom. The molecule has 0 amide bonds. The summed E-state index contributed by atoms with van der Waals surface area (Å²) in [5.41, 5.74) is 2.95. The summed E-state index contributed by atoms with van der Waals surface area (Å²) in [5.74, 6) is 0.537. The molecule has 0 fully saturated rings. The molecule has 2 aromatic rings. The molecular formula is C15H15NO2. The van der Waals surface area contributed by atoms with Gasteiger partial charge in [0.2, 0.25) is 0 Å². The van der Waals surface area contributed by atoms with Crippen LogP contribution in [0.2, 0.25) is 0 Å². The van der Waals surface area contributed by atoms with Crippen LogP contribution in [0.5, 0.6) is 5.75 Å². The third-order valence-electron chi connectivity index (χ3n) is 2.85. The van der Waals surface area contributed by atoms with E-state index in [1.807, 2.05) is 32.0 Å². The Morgan fingerprint density at radius 1 is 1.17 bits per heavy atom. The first-order valence-corrected chi connectivity index (χ1v) is 5.74. The fourth-order valence-corrected chi connectivity index (χ4v) is 1.87. The van der Waals surface area contributed by atoms with Gasteiger partial charge in [-0.25, -0.2) is 0 Å². The van der Waals surface area contributed by atoms with Crippen LogP contribution in [0, 0.1) is 13.8 Å². The molecule has 0 aliphatic carbocycles. The number of benzene rings is 1. The molecule has 18 heavy (non-hydrogen) atoms. The zero-order valence-corrected chi connectivity index (χ0v) is 10.7. The SMILES string of the molecule is COc1ccc(C)cc1C(=O)c1cccnc1C. The molecule has 0 spiro atoms. The lowest BCUT2D eigenvalue weighted by Crippen LogP contribution is -2.07. The second-order valence-corrected chi connectivity index (χ2v) is 4.17. The maximum Gasteiger partial charge on any atom is 0.198 e. The van der Waals surface area contributed by atoms with Crippen LogP contribution < -0.4 is 4.74 Å². The molecule has 0 unspecified atom stereocenters. The van der Waals surface area contributed by atoms with Gasteiger partial charge in [-0.1, -0.05) is 11.6 Å². The molecule has 0 aliphatic rings. The van der Waals surface area contributed by atoms with Gasteiger partial charge in [0.05, 0.1) is 12.7 Å². The van der Waals surface area contributed by atoms with E-state index >= 15 is 0 Å². The normalized spacial score (nSPS) is 10.2. The summed E-state index contributed by atoms with van der Waals surface area (Å²) in [6.45, 7) is 3.78. The number of nitrogens with zero attached hydrogens (tertiary/aromatic N) is 1. The Labute approximate surface area is 106 Å². The quantitative estimate of drug-likeness (QED) is 0.775. The number of hydrogen-bond donors (Lipinski definition) is 0. The molecule has 0 bridgehead atoms. The highest BCUT2D eigenvalue weighted by molar-refractivity contribution is 6.11. The minimum atomic E-state index is -0.0545. The maximum absolute atomic E-state index is 12.5. The van der Waals surface area contributed by atoms with E-state index in [1.54, 1.807) is 25.4 Å². The van der Waals surface area contributed by atoms with Gasteiger partial charge in [-0.3, -0.25) is 9.78 Å². The molecule has 0 atom stereocenters. The van der Waals surface area contributed by atoms with E-state index < -0.39 is 0 Å². The van der Waals surface area contributed by atoms with Crippen molar-refractivity contribution in [3.05, 3.63) is 58.9 Å². The average Bonchev–Trinajstić information content (AvgIpc) is 2.38. The molecule has 2 rings (SSSR count). The van der Waals surface area contributed by atoms with Crippen molar-refractivity contribution in [3.8, 4) is 5.75 Å². The molecule has 3 heteroatoms. The maximum atomic E-state index is 12.5. The number of methoxy groups -OCH3 is 1. The number of pyridine rings is 1. The molecule has 92 valence electrons. The number of carbonyl (C=O) groups is 1. The molecule has 0 saturated carbocycles. The van der Waals surface area contributed by atoms with E-state index in [2.05, 4.69) is 4.98 Å². The monoisotopic (exact) mass is 241 g/mol. The fraction of sp³-hybridized carbons (Fsp3) is 0.200. The largest absolute Gasteiger partial charge is 0.496 e. The molecule has 1 aromatic carbocycles. The highest BCUT2D eigenvalue weighted by atomic mass is 16.5. The Bertz CT molecular complexity index is 591. The van der Waals surface area contributed by atoms with E-state index in [-0.39, 0.29) is 5.78 Å². The van der Waals surface area contributed by atoms with E-state index in [0.717, 1.165) is 11.3 Å². The van der Waals surface area contributed by atoms with Crippen molar-refractivity contribution < 1.29 is 9.53 Å². The van der Waals surface area contributed by atoms with Gasteiger partial charge in [0.1, 0.15) is 5.75 Å². The summed E-state index contributed by atoms with van der Waals surface area (Å²) in [7, 11) is 1.57. The van der Waals surface area contributed by atoms with E-state index in [1.165, 1.54) is 0 Å². The third kappa shape index (κ3) is 2.25. The molecule has 0 saturated heterocycles. The third-order valence-corrected chi connectivity index (χ3v) is 2.85. The summed E-state index contributed by atoms with van der Waals surface area (Å²) in [6.07, 6.45) is 1.68. The second kappa shape index (κ2) is 5.00. The first kappa shape index (κ1) is 12.3. The predicted molar refractivity (Wildman–Crippen MR) is 70.1 cm³/mol. The lowest BCUT2D eigenvalue weighted by Gasteiger charge is -2.09. The summed E-state index contributed by atoms with van der Waals surface area (Å²) >= 11 is 0. The van der Waals surface area contributed by atoms with Crippen LogP contribution in [-0.4, -0.2) is 17.9 Å². The number of rotatable bonds is 3. The van der Waals surface area contributed by atoms with Gasteiger partial charge in [-0.2, -0.15) is 0 Å². The van der Waals surface area contributed by atoms with Gasteiger partial charge < -0.3 is 4.74 Å². The lowest BCUT2D eigenvalue weighted by molar-refractivity contribution is 0.103. The second-order valence-electron chi connectivity index (χ2n) is 4.17. The molecule has 0 radical (unpaired) electrons. The van der Waals surface area contributed by atoms with Gasteiger partial charge in [0.25, 0.3) is 0 Å². The molecular weight excluding hydrogens is 226 g/mol. The van der Waals surface area contributed by atoms with Crippen LogP contribution in [0.1, 0.15) is 27.2 Å². The summed E-state index contributed by atoms with van der Waals surface area (Å²) < 4.78 is 5.24. The van der Waals surface area contributed by atoms with Gasteiger partial charge in [-0.15, -0.1) is 0 Å². The summed E-state index contributed by atoms with van der Waals surface area (Å²) in [4.78, 5) is 16.6. The van der Waals surface area contributed by atoms with Crippen LogP contribution in [0.3, 0.4) is 0 Å². The van der Waals surface area contributed by atoms with E-state index in [0.29, 0.717) is 16.9 Å². The van der Waals surface area contributed by atoms with Crippen LogP contribution >= 0.6 is 0 Å². The van der Waals surface area contributed by atoms with Crippen molar-refractivity contribution in [1.29, 1.82) is 0 Å². The number of aryl methyl sites for hydroxylation is 2. The minimum Gasteiger partial charge on any atom is -0.496 e. The number of carbonyl (C=O) groups excluding carboxylic acids is 1. The van der Waals surface area contributed by atoms with Crippen molar-refractivity contribution in [1.82, 2.24) is 4.98 Å². The highest BCUT2D eigenvalue weighted by Crippen LogP contribution is 2.23. The van der Waals surface area contributed by atoms with Gasteiger partial charge in [-0.05, 0) is 38.1 Å². The fourth-order valence-electron chi connectivity index (χ4n) is 1.87. The zero-order chi connectivity index (χ0) is 13.1. The smallest absolute Gasteiger partial charge is 0.198 e. The van der Waals surface area contributed by atoms with Crippen LogP contribution in [0.4, 0.5) is 0 Å². The minimum absolute atomic E-state index is 0.0545. The van der Waals surface area contributed by atoms with Crippen molar-refractivity contribution >= 4 is 5.78 Å². The van der Waals surface area contributed by atoms with Crippen LogP contribution in [0.25, 0.3) is 0 Å². The average molecular weight is 241 g/mol. The van der Waals surface area contributed by atoms with Gasteiger partial charge in [0.15, 0.2) is 5.78 Å². The molecule has 0 N–H and O–H groups in total. The molecule has 1 heterocycles. The summed E-state index contributed by atoms with van der Waals surface area (Å²) in [6, 6.07) is 9.13. The van der Waals surface area contributed by atoms with Crippen molar-refractivity contribution in [2.75, 3.05) is 7.11 Å². The standard InChI is InChI=1S/C15H15NO2/c1-10-6-7-14(18-3)13(9-10)15(17)12-5-4-8-16-11(12)2/h4-9H,1-3H3. The number of ether oxygens (including phenoxy) is 1. The van der Waals surface area contributed by atoms with Crippen LogP contribution in [-0.2, 0) is 0 Å². The summed E-state index contributed by atoms with van der Waals surface area (Å²) in [5, 5.41) is 0. The van der Waals surface area contributed by atoms with Crippen LogP contribution in [0.15, 0.2) is 36.5 Å². The Kier molecular flexibility index (Phi) is 3.42. The Balaban J connectivity index is 2.52. The van der Waals surface area contributed by atoms with E-state index in [9.17, 15) is 4.79 Å². The zero-order valence-electron chi connectivity index (χ0n) is 10.7.